The Bertz CT molecular complexity index is 704. The van der Waals surface area contributed by atoms with Crippen LogP contribution in [-0.4, -0.2) is 62.9 Å². The minimum absolute atomic E-state index is 0.0584. The van der Waals surface area contributed by atoms with E-state index in [1.807, 2.05) is 0 Å². The summed E-state index contributed by atoms with van der Waals surface area (Å²) < 4.78 is 27.3. The highest BCUT2D eigenvalue weighted by Crippen LogP contribution is 2.25. The van der Waals surface area contributed by atoms with Crippen molar-refractivity contribution in [3.05, 3.63) is 28.2 Å². The molecule has 9 heteroatoms. The van der Waals surface area contributed by atoms with Gasteiger partial charge >= 0.3 is 0 Å². The van der Waals surface area contributed by atoms with Crippen LogP contribution in [0.2, 0.25) is 10.0 Å². The average molecular weight is 394 g/mol. The lowest BCUT2D eigenvalue weighted by Crippen LogP contribution is -2.54. The second-order valence-electron chi connectivity index (χ2n) is 5.68. The van der Waals surface area contributed by atoms with Gasteiger partial charge in [-0.15, -0.1) is 0 Å². The van der Waals surface area contributed by atoms with Crippen molar-refractivity contribution in [1.82, 2.24) is 14.5 Å². The summed E-state index contributed by atoms with van der Waals surface area (Å²) in [5, 5.41) is 0.317. The van der Waals surface area contributed by atoms with Crippen LogP contribution in [0.5, 0.6) is 0 Å². The van der Waals surface area contributed by atoms with Crippen LogP contribution in [0.4, 0.5) is 0 Å². The van der Waals surface area contributed by atoms with Crippen molar-refractivity contribution >= 4 is 39.1 Å². The number of hydrogen-bond acceptors (Lipinski definition) is 4. The van der Waals surface area contributed by atoms with Gasteiger partial charge in [0.1, 0.15) is 4.90 Å². The summed E-state index contributed by atoms with van der Waals surface area (Å²) >= 11 is 11.8. The molecular formula is C15H21Cl2N3O3S. The van der Waals surface area contributed by atoms with Crippen molar-refractivity contribution in [3.8, 4) is 0 Å². The third-order valence-electron chi connectivity index (χ3n) is 4.02. The van der Waals surface area contributed by atoms with E-state index in [0.29, 0.717) is 13.1 Å². The number of nitrogens with one attached hydrogen (secondary N) is 1. The summed E-state index contributed by atoms with van der Waals surface area (Å²) in [5.74, 6) is -0.243. The topological polar surface area (TPSA) is 69.7 Å². The number of sulfonamides is 1. The van der Waals surface area contributed by atoms with Crippen LogP contribution in [0.15, 0.2) is 23.1 Å². The highest BCUT2D eigenvalue weighted by molar-refractivity contribution is 7.89. The molecule has 1 amide bonds. The van der Waals surface area contributed by atoms with E-state index < -0.39 is 16.1 Å². The molecule has 6 nitrogen and oxygen atoms in total. The van der Waals surface area contributed by atoms with Crippen molar-refractivity contribution in [2.24, 2.45) is 0 Å². The molecule has 1 heterocycles. The first-order valence-electron chi connectivity index (χ1n) is 7.73. The summed E-state index contributed by atoms with van der Waals surface area (Å²) in [6.45, 7) is 7.32. The fraction of sp³-hybridized carbons (Fsp3) is 0.533. The Labute approximate surface area is 152 Å². The van der Waals surface area contributed by atoms with Gasteiger partial charge in [0.2, 0.25) is 15.9 Å². The SMILES string of the molecule is CCN1CCN(C(=O)[C@H](C)NS(=O)(=O)c2cc(Cl)ccc2Cl)CC1. The predicted molar refractivity (Wildman–Crippen MR) is 94.9 cm³/mol. The predicted octanol–water partition coefficient (Wildman–Crippen LogP) is 1.82. The summed E-state index contributed by atoms with van der Waals surface area (Å²) in [7, 11) is -3.94. The van der Waals surface area contributed by atoms with Crippen molar-refractivity contribution < 1.29 is 13.2 Å². The number of nitrogens with zero attached hydrogens (tertiary/aromatic N) is 2. The number of piperazine rings is 1. The fourth-order valence-corrected chi connectivity index (χ4v) is 4.55. The monoisotopic (exact) mass is 393 g/mol. The largest absolute Gasteiger partial charge is 0.339 e. The van der Waals surface area contributed by atoms with Gasteiger partial charge in [0.05, 0.1) is 11.1 Å². The Balaban J connectivity index is 2.06. The molecule has 0 aliphatic carbocycles. The van der Waals surface area contributed by atoms with E-state index in [0.717, 1.165) is 19.6 Å². The van der Waals surface area contributed by atoms with Gasteiger partial charge < -0.3 is 9.80 Å². The van der Waals surface area contributed by atoms with E-state index in [2.05, 4.69) is 16.5 Å². The molecule has 2 rings (SSSR count). The van der Waals surface area contributed by atoms with Crippen LogP contribution in [0.3, 0.4) is 0 Å². The van der Waals surface area contributed by atoms with Crippen molar-refractivity contribution in [2.75, 3.05) is 32.7 Å². The van der Waals surface area contributed by atoms with Gasteiger partial charge in [-0.25, -0.2) is 8.42 Å². The third kappa shape index (κ3) is 4.61. The van der Waals surface area contributed by atoms with Crippen LogP contribution < -0.4 is 4.72 Å². The highest BCUT2D eigenvalue weighted by Gasteiger charge is 2.29. The number of amides is 1. The molecule has 1 aromatic rings. The number of carbonyl (C=O) groups excluding carboxylic acids is 1. The zero-order chi connectivity index (χ0) is 17.9. The van der Waals surface area contributed by atoms with E-state index in [1.54, 1.807) is 4.90 Å². The normalized spacial score (nSPS) is 17.8. The number of benzene rings is 1. The van der Waals surface area contributed by atoms with Gasteiger partial charge in [-0.3, -0.25) is 4.79 Å². The van der Waals surface area contributed by atoms with E-state index in [4.69, 9.17) is 23.2 Å². The van der Waals surface area contributed by atoms with Gasteiger partial charge in [0.25, 0.3) is 0 Å². The van der Waals surface area contributed by atoms with Crippen LogP contribution in [0, 0.1) is 0 Å². The second kappa shape index (κ2) is 8.01. The maximum atomic E-state index is 12.5. The minimum atomic E-state index is -3.94. The molecule has 1 aliphatic heterocycles. The molecule has 134 valence electrons. The van der Waals surface area contributed by atoms with E-state index >= 15 is 0 Å². The quantitative estimate of drug-likeness (QED) is 0.827. The van der Waals surface area contributed by atoms with Crippen molar-refractivity contribution in [2.45, 2.75) is 24.8 Å². The van der Waals surface area contributed by atoms with Gasteiger partial charge in [-0.2, -0.15) is 4.72 Å². The average Bonchev–Trinajstić information content (AvgIpc) is 2.56. The standard InChI is InChI=1S/C15H21Cl2N3O3S/c1-3-19-6-8-20(9-7-19)15(21)11(2)18-24(22,23)14-10-12(16)4-5-13(14)17/h4-5,10-11,18H,3,6-9H2,1-2H3/t11-/m0/s1. The first kappa shape index (κ1) is 19.5. The molecular weight excluding hydrogens is 373 g/mol. The van der Waals surface area contributed by atoms with Crippen LogP contribution >= 0.6 is 23.2 Å². The molecule has 1 aliphatic rings. The summed E-state index contributed by atoms with van der Waals surface area (Å²) in [5.41, 5.74) is 0. The number of rotatable bonds is 5. The number of carbonyl (C=O) groups is 1. The molecule has 0 bridgehead atoms. The molecule has 1 saturated heterocycles. The third-order valence-corrected chi connectivity index (χ3v) is 6.27. The number of halogens is 2. The maximum absolute atomic E-state index is 12.5. The maximum Gasteiger partial charge on any atom is 0.242 e. The Morgan fingerprint density at radius 1 is 1.25 bits per heavy atom. The smallest absolute Gasteiger partial charge is 0.242 e. The fourth-order valence-electron chi connectivity index (χ4n) is 2.59. The molecule has 0 radical (unpaired) electrons. The lowest BCUT2D eigenvalue weighted by Gasteiger charge is -2.35. The summed E-state index contributed by atoms with van der Waals surface area (Å²) in [6, 6.07) is 3.31. The Kier molecular flexibility index (Phi) is 6.50. The molecule has 0 unspecified atom stereocenters. The number of hydrogen-bond donors (Lipinski definition) is 1. The van der Waals surface area contributed by atoms with E-state index in [9.17, 15) is 13.2 Å². The van der Waals surface area contributed by atoms with E-state index in [1.165, 1.54) is 25.1 Å². The first-order valence-corrected chi connectivity index (χ1v) is 9.97. The molecule has 1 aromatic carbocycles. The van der Waals surface area contributed by atoms with Crippen molar-refractivity contribution in [3.63, 3.8) is 0 Å². The Morgan fingerprint density at radius 3 is 2.46 bits per heavy atom. The summed E-state index contributed by atoms with van der Waals surface area (Å²) in [4.78, 5) is 16.3. The molecule has 1 N–H and O–H groups in total. The van der Waals surface area contributed by atoms with Gasteiger partial charge in [-0.1, -0.05) is 30.1 Å². The first-order chi connectivity index (χ1) is 11.2. The van der Waals surface area contributed by atoms with Gasteiger partial charge in [0, 0.05) is 31.2 Å². The van der Waals surface area contributed by atoms with Gasteiger partial charge in [-0.05, 0) is 31.7 Å². The lowest BCUT2D eigenvalue weighted by molar-refractivity contribution is -0.134. The lowest BCUT2D eigenvalue weighted by atomic mass is 10.2. The zero-order valence-electron chi connectivity index (χ0n) is 13.6. The van der Waals surface area contributed by atoms with E-state index in [-0.39, 0.29) is 20.8 Å². The Hall–Kier alpha value is -0.860. The molecule has 24 heavy (non-hydrogen) atoms. The molecule has 0 spiro atoms. The molecule has 1 fully saturated rings. The highest BCUT2D eigenvalue weighted by atomic mass is 35.5. The Morgan fingerprint density at radius 2 is 1.88 bits per heavy atom. The zero-order valence-corrected chi connectivity index (χ0v) is 16.0. The van der Waals surface area contributed by atoms with Gasteiger partial charge in [0.15, 0.2) is 0 Å². The second-order valence-corrected chi connectivity index (χ2v) is 8.20. The van der Waals surface area contributed by atoms with Crippen molar-refractivity contribution in [1.29, 1.82) is 0 Å². The summed E-state index contributed by atoms with van der Waals surface area (Å²) in [6.07, 6.45) is 0. The van der Waals surface area contributed by atoms with Crippen LogP contribution in [0.1, 0.15) is 13.8 Å². The molecule has 0 aromatic heterocycles. The molecule has 1 atom stereocenters. The van der Waals surface area contributed by atoms with Crippen LogP contribution in [0.25, 0.3) is 0 Å². The number of likely N-dealkylation sites (N-methyl/N-ethyl adjacent to an activating group) is 1. The minimum Gasteiger partial charge on any atom is -0.339 e. The molecule has 0 saturated carbocycles. The van der Waals surface area contributed by atoms with Crippen LogP contribution in [-0.2, 0) is 14.8 Å².